The highest BCUT2D eigenvalue weighted by atomic mass is 32.2. The van der Waals surface area contributed by atoms with Crippen LogP contribution in [0.25, 0.3) is 0 Å². The van der Waals surface area contributed by atoms with Gasteiger partial charge < -0.3 is 14.8 Å². The van der Waals surface area contributed by atoms with Gasteiger partial charge in [-0.1, -0.05) is 42.5 Å². The molecule has 0 radical (unpaired) electrons. The van der Waals surface area contributed by atoms with E-state index in [9.17, 15) is 22.8 Å². The fourth-order valence-electron chi connectivity index (χ4n) is 3.72. The van der Waals surface area contributed by atoms with Crippen LogP contribution < -0.4 is 14.8 Å². The number of ether oxygens (including phenoxy) is 2. The lowest BCUT2D eigenvalue weighted by atomic mass is 10.1. The van der Waals surface area contributed by atoms with Gasteiger partial charge in [-0.25, -0.2) is 22.9 Å². The van der Waals surface area contributed by atoms with Gasteiger partial charge in [0.25, 0.3) is 21.8 Å². The van der Waals surface area contributed by atoms with Crippen LogP contribution >= 0.6 is 0 Å². The van der Waals surface area contributed by atoms with E-state index in [1.807, 2.05) is 59.3 Å². The molecule has 3 aromatic carbocycles. The van der Waals surface area contributed by atoms with E-state index in [0.717, 1.165) is 23.1 Å². The zero-order chi connectivity index (χ0) is 29.2. The minimum Gasteiger partial charge on any atom is -0.497 e. The van der Waals surface area contributed by atoms with Gasteiger partial charge in [-0.15, -0.1) is 0 Å². The quantitative estimate of drug-likeness (QED) is 0.260. The second-order valence-electron chi connectivity index (χ2n) is 8.81. The van der Waals surface area contributed by atoms with E-state index >= 15 is 0 Å². The topological polar surface area (TPSA) is 141 Å². The molecule has 10 nitrogen and oxygen atoms in total. The summed E-state index contributed by atoms with van der Waals surface area (Å²) in [6.45, 7) is 0.436. The van der Waals surface area contributed by atoms with Gasteiger partial charge in [-0.05, 0) is 66.1 Å². The lowest BCUT2D eigenvalue weighted by Gasteiger charge is -2.09. The number of sulfonamides is 1. The van der Waals surface area contributed by atoms with Crippen molar-refractivity contribution < 1.29 is 32.3 Å². The number of nitrogens with zero attached hydrogens (tertiary/aromatic N) is 1. The van der Waals surface area contributed by atoms with Crippen molar-refractivity contribution in [1.82, 2.24) is 15.0 Å². The number of carbonyl (C=O) groups is 3. The summed E-state index contributed by atoms with van der Waals surface area (Å²) in [5.41, 5.74) is 1.97. The number of carbonyl (C=O) groups excluding carboxylic acids is 3. The maximum Gasteiger partial charge on any atom is 0.357 e. The lowest BCUT2D eigenvalue weighted by Crippen LogP contribution is -2.31. The van der Waals surface area contributed by atoms with Crippen LogP contribution in [0.15, 0.2) is 102 Å². The first-order valence-electron chi connectivity index (χ1n) is 12.5. The third-order valence-corrected chi connectivity index (χ3v) is 7.28. The van der Waals surface area contributed by atoms with Gasteiger partial charge in [0.1, 0.15) is 18.1 Å². The summed E-state index contributed by atoms with van der Waals surface area (Å²) in [5.74, 6) is -1.25. The first kappa shape index (κ1) is 29.0. The maximum atomic E-state index is 12.7. The van der Waals surface area contributed by atoms with Crippen molar-refractivity contribution >= 4 is 27.8 Å². The number of benzene rings is 3. The second-order valence-corrected chi connectivity index (χ2v) is 10.5. The molecule has 0 aliphatic carbocycles. The monoisotopic (exact) mass is 573 g/mol. The zero-order valence-electron chi connectivity index (χ0n) is 22.1. The molecule has 1 aromatic heterocycles. The molecular weight excluding hydrogens is 546 g/mol. The molecule has 0 atom stereocenters. The van der Waals surface area contributed by atoms with Gasteiger partial charge in [-0.2, -0.15) is 0 Å². The molecule has 41 heavy (non-hydrogen) atoms. The van der Waals surface area contributed by atoms with Crippen LogP contribution in [0.4, 0.5) is 0 Å². The minimum atomic E-state index is -4.24. The lowest BCUT2D eigenvalue weighted by molar-refractivity contribution is 0.0465. The summed E-state index contributed by atoms with van der Waals surface area (Å²) in [7, 11) is -2.66. The highest BCUT2D eigenvalue weighted by Crippen LogP contribution is 2.14. The smallest absolute Gasteiger partial charge is 0.357 e. The fraction of sp³-hybridized carbons (Fsp3) is 0.133. The van der Waals surface area contributed by atoms with Gasteiger partial charge >= 0.3 is 5.97 Å². The molecule has 0 fully saturated rings. The molecule has 0 aliphatic heterocycles. The van der Waals surface area contributed by atoms with E-state index in [0.29, 0.717) is 13.0 Å². The van der Waals surface area contributed by atoms with E-state index in [4.69, 9.17) is 9.47 Å². The third-order valence-electron chi connectivity index (χ3n) is 5.93. The molecule has 4 rings (SSSR count). The molecule has 210 valence electrons. The van der Waals surface area contributed by atoms with Crippen LogP contribution in [0.2, 0.25) is 0 Å². The van der Waals surface area contributed by atoms with Crippen LogP contribution in [0.1, 0.15) is 42.3 Å². The number of hydrogen-bond acceptors (Lipinski definition) is 8. The highest BCUT2D eigenvalue weighted by molar-refractivity contribution is 7.90. The number of rotatable bonds is 11. The Hall–Kier alpha value is -5.03. The Balaban J connectivity index is 1.29. The highest BCUT2D eigenvalue weighted by Gasteiger charge is 2.20. The Bertz CT molecular complexity index is 1620. The van der Waals surface area contributed by atoms with Crippen LogP contribution in [0.5, 0.6) is 5.75 Å². The Labute approximate surface area is 237 Å². The molecule has 0 saturated carbocycles. The van der Waals surface area contributed by atoms with Crippen molar-refractivity contribution in [3.8, 4) is 5.75 Å². The number of esters is 1. The SMILES string of the molecule is COc1cccc(CCNC(=O)c2ccc(S(=O)(=O)NC(=O)c3ccc(C(=O)OCc4ccccc4)nc3)cc2)c1. The van der Waals surface area contributed by atoms with Crippen molar-refractivity contribution in [2.45, 2.75) is 17.9 Å². The number of aromatic nitrogens is 1. The van der Waals surface area contributed by atoms with Gasteiger partial charge in [0, 0.05) is 18.3 Å². The second kappa shape index (κ2) is 13.4. The normalized spacial score (nSPS) is 10.9. The van der Waals surface area contributed by atoms with Gasteiger partial charge in [0.15, 0.2) is 0 Å². The number of hydrogen-bond donors (Lipinski definition) is 2. The summed E-state index contributed by atoms with van der Waals surface area (Å²) in [4.78, 5) is 41.0. The van der Waals surface area contributed by atoms with E-state index < -0.39 is 21.9 Å². The molecule has 0 spiro atoms. The summed E-state index contributed by atoms with van der Waals surface area (Å²) in [6, 6.07) is 24.3. The molecule has 0 aliphatic rings. The van der Waals surface area contributed by atoms with Crippen LogP contribution in [0.3, 0.4) is 0 Å². The molecule has 0 bridgehead atoms. The minimum absolute atomic E-state index is 0.0299. The van der Waals surface area contributed by atoms with Gasteiger partial charge in [-0.3, -0.25) is 9.59 Å². The Morgan fingerprint density at radius 3 is 2.20 bits per heavy atom. The average Bonchev–Trinajstić information content (AvgIpc) is 3.00. The van der Waals surface area contributed by atoms with E-state index in [1.54, 1.807) is 7.11 Å². The van der Waals surface area contributed by atoms with Crippen molar-refractivity contribution in [2.24, 2.45) is 0 Å². The number of amides is 2. The number of methoxy groups -OCH3 is 1. The van der Waals surface area contributed by atoms with E-state index in [2.05, 4.69) is 10.3 Å². The number of pyridine rings is 1. The molecule has 2 N–H and O–H groups in total. The van der Waals surface area contributed by atoms with E-state index in [1.165, 1.54) is 36.4 Å². The zero-order valence-corrected chi connectivity index (χ0v) is 22.9. The summed E-state index contributed by atoms with van der Waals surface area (Å²) in [6.07, 6.45) is 1.68. The predicted octanol–water partition coefficient (Wildman–Crippen LogP) is 3.54. The molecule has 0 saturated heterocycles. The van der Waals surface area contributed by atoms with Crippen LogP contribution in [-0.4, -0.2) is 44.8 Å². The average molecular weight is 574 g/mol. The standard InChI is InChI=1S/C30H27N3O7S/c1-39-25-9-5-8-21(18-25)16-17-31-28(34)23-10-13-26(14-11-23)41(37,38)33-29(35)24-12-15-27(32-19-24)30(36)40-20-22-6-3-2-4-7-22/h2-15,18-19H,16-17,20H2,1H3,(H,31,34)(H,33,35). The third kappa shape index (κ3) is 7.99. The predicted molar refractivity (Wildman–Crippen MR) is 150 cm³/mol. The molecular formula is C30H27N3O7S. The first-order valence-corrected chi connectivity index (χ1v) is 14.0. The molecule has 4 aromatic rings. The fourth-order valence-corrected chi connectivity index (χ4v) is 4.70. The van der Waals surface area contributed by atoms with Crippen molar-refractivity contribution in [3.05, 3.63) is 125 Å². The van der Waals surface area contributed by atoms with Gasteiger partial charge in [0.05, 0.1) is 17.6 Å². The molecule has 1 heterocycles. The Morgan fingerprint density at radius 2 is 1.51 bits per heavy atom. The Morgan fingerprint density at radius 1 is 0.805 bits per heavy atom. The summed E-state index contributed by atoms with van der Waals surface area (Å²) >= 11 is 0. The maximum absolute atomic E-state index is 12.7. The summed E-state index contributed by atoms with van der Waals surface area (Å²) < 4.78 is 37.8. The number of nitrogens with one attached hydrogen (secondary N) is 2. The van der Waals surface area contributed by atoms with Crippen LogP contribution in [0, 0.1) is 0 Å². The van der Waals surface area contributed by atoms with Crippen molar-refractivity contribution in [2.75, 3.05) is 13.7 Å². The van der Waals surface area contributed by atoms with E-state index in [-0.39, 0.29) is 34.2 Å². The molecule has 0 unspecified atom stereocenters. The molecule has 2 amide bonds. The first-order chi connectivity index (χ1) is 19.7. The van der Waals surface area contributed by atoms with Gasteiger partial charge in [0.2, 0.25) is 0 Å². The van der Waals surface area contributed by atoms with Crippen molar-refractivity contribution in [3.63, 3.8) is 0 Å². The molecule has 11 heteroatoms. The van der Waals surface area contributed by atoms with Crippen molar-refractivity contribution in [1.29, 1.82) is 0 Å². The largest absolute Gasteiger partial charge is 0.497 e. The van der Waals surface area contributed by atoms with Crippen LogP contribution in [-0.2, 0) is 27.8 Å². The summed E-state index contributed by atoms with van der Waals surface area (Å²) in [5, 5.41) is 2.79. The Kier molecular flexibility index (Phi) is 9.43.